The van der Waals surface area contributed by atoms with Gasteiger partial charge < -0.3 is 14.4 Å². The van der Waals surface area contributed by atoms with E-state index in [1.807, 2.05) is 0 Å². The molecule has 4 bridgehead atoms. The highest BCUT2D eigenvalue weighted by Gasteiger charge is 2.60. The minimum atomic E-state index is -3.40. The van der Waals surface area contributed by atoms with Crippen molar-refractivity contribution in [3.8, 4) is 0 Å². The van der Waals surface area contributed by atoms with Gasteiger partial charge in [-0.25, -0.2) is 8.78 Å². The minimum Gasteiger partial charge on any atom is -0.772 e. The van der Waals surface area contributed by atoms with Gasteiger partial charge in [0, 0.05) is 6.42 Å². The van der Waals surface area contributed by atoms with Crippen LogP contribution in [0.3, 0.4) is 0 Å². The summed E-state index contributed by atoms with van der Waals surface area (Å²) in [5.74, 6) is -4.56. The molecule has 0 amide bonds. The smallest absolute Gasteiger partial charge is 0.312 e. The van der Waals surface area contributed by atoms with E-state index in [4.69, 9.17) is 4.74 Å². The zero-order chi connectivity index (χ0) is 16.9. The Hall–Kier alpha value is -0.600. The quantitative estimate of drug-likeness (QED) is 0.582. The zero-order valence-electron chi connectivity index (χ0n) is 12.8. The van der Waals surface area contributed by atoms with Crippen LogP contribution in [0.25, 0.3) is 0 Å². The van der Waals surface area contributed by atoms with Gasteiger partial charge in [0.05, 0.1) is 23.4 Å². The highest BCUT2D eigenvalue weighted by atomic mass is 32.2. The molecule has 4 aliphatic carbocycles. The predicted molar refractivity (Wildman–Crippen MR) is 76.4 cm³/mol. The van der Waals surface area contributed by atoms with E-state index in [9.17, 15) is 27.4 Å². The van der Waals surface area contributed by atoms with Crippen molar-refractivity contribution in [2.75, 3.05) is 12.4 Å². The Morgan fingerprint density at radius 2 is 1.91 bits per heavy atom. The maximum Gasteiger partial charge on any atom is 0.312 e. The van der Waals surface area contributed by atoms with Crippen molar-refractivity contribution in [1.82, 2.24) is 0 Å². The van der Waals surface area contributed by atoms with Crippen molar-refractivity contribution in [2.45, 2.75) is 56.5 Å². The molecule has 0 spiro atoms. The second-order valence-electron chi connectivity index (χ2n) is 7.66. The van der Waals surface area contributed by atoms with Gasteiger partial charge in [-0.3, -0.25) is 9.00 Å². The Labute approximate surface area is 136 Å². The van der Waals surface area contributed by atoms with E-state index in [2.05, 4.69) is 0 Å². The van der Waals surface area contributed by atoms with E-state index in [-0.39, 0.29) is 0 Å². The van der Waals surface area contributed by atoms with E-state index in [0.717, 1.165) is 6.42 Å². The van der Waals surface area contributed by atoms with Gasteiger partial charge in [0.15, 0.2) is 0 Å². The van der Waals surface area contributed by atoms with Gasteiger partial charge in [-0.1, -0.05) is 0 Å². The Morgan fingerprint density at radius 3 is 2.43 bits per heavy atom. The molecule has 3 atom stereocenters. The fraction of sp³-hybridized carbons (Fsp3) is 0.933. The molecule has 23 heavy (non-hydrogen) atoms. The van der Waals surface area contributed by atoms with Crippen LogP contribution in [0.1, 0.15) is 44.9 Å². The molecular formula is C15H21F2O5S-. The van der Waals surface area contributed by atoms with Gasteiger partial charge in [-0.15, -0.1) is 0 Å². The van der Waals surface area contributed by atoms with Crippen molar-refractivity contribution < 1.29 is 32.2 Å². The number of alkyl halides is 2. The number of ether oxygens (including phenoxy) is 1. The summed E-state index contributed by atoms with van der Waals surface area (Å²) < 4.78 is 52.4. The highest BCUT2D eigenvalue weighted by Crippen LogP contribution is 2.61. The minimum absolute atomic E-state index is 0.304. The van der Waals surface area contributed by atoms with E-state index in [1.165, 1.54) is 0 Å². The normalized spacial score (nSPS) is 40.2. The van der Waals surface area contributed by atoms with Gasteiger partial charge in [-0.2, -0.15) is 0 Å². The molecule has 8 heteroatoms. The molecule has 132 valence electrons. The molecule has 0 aromatic rings. The number of hydrogen-bond donors (Lipinski definition) is 1. The second kappa shape index (κ2) is 5.74. The summed E-state index contributed by atoms with van der Waals surface area (Å²) in [5, 5.41) is 10.6. The summed E-state index contributed by atoms with van der Waals surface area (Å²) >= 11 is -2.84. The SMILES string of the molecule is O=C(OCCC(F)(F)CS(=O)[O-])C12CC3CC(CC(O)(C3)C1)C2. The summed E-state index contributed by atoms with van der Waals surface area (Å²) in [4.78, 5) is 12.4. The topological polar surface area (TPSA) is 86.7 Å². The first-order valence-electron chi connectivity index (χ1n) is 7.95. The van der Waals surface area contributed by atoms with Crippen LogP contribution in [-0.2, 0) is 20.6 Å². The van der Waals surface area contributed by atoms with Crippen molar-refractivity contribution in [3.05, 3.63) is 0 Å². The molecule has 0 aliphatic heterocycles. The Bertz CT molecular complexity index is 510. The summed E-state index contributed by atoms with van der Waals surface area (Å²) in [7, 11) is 0. The lowest BCUT2D eigenvalue weighted by Crippen LogP contribution is -2.58. The van der Waals surface area contributed by atoms with Crippen LogP contribution in [-0.4, -0.2) is 43.7 Å². The Morgan fingerprint density at radius 1 is 1.30 bits per heavy atom. The maximum absolute atomic E-state index is 13.3. The fourth-order valence-corrected chi connectivity index (χ4v) is 5.63. The summed E-state index contributed by atoms with van der Waals surface area (Å²) in [5.41, 5.74) is -1.55. The monoisotopic (exact) mass is 351 g/mol. The van der Waals surface area contributed by atoms with Gasteiger partial charge in [0.2, 0.25) is 0 Å². The van der Waals surface area contributed by atoms with Gasteiger partial charge in [0.1, 0.15) is 0 Å². The first-order valence-corrected chi connectivity index (χ1v) is 9.19. The van der Waals surface area contributed by atoms with Crippen molar-refractivity contribution >= 4 is 17.0 Å². The first-order chi connectivity index (χ1) is 10.6. The van der Waals surface area contributed by atoms with Crippen LogP contribution >= 0.6 is 0 Å². The molecule has 0 radical (unpaired) electrons. The number of hydrogen-bond acceptors (Lipinski definition) is 5. The number of carbonyl (C=O) groups excluding carboxylic acids is 1. The number of rotatable bonds is 6. The van der Waals surface area contributed by atoms with Crippen LogP contribution in [0.2, 0.25) is 0 Å². The largest absolute Gasteiger partial charge is 0.772 e. The first kappa shape index (κ1) is 17.2. The van der Waals surface area contributed by atoms with Crippen LogP contribution in [0.4, 0.5) is 8.78 Å². The Balaban J connectivity index is 1.58. The molecule has 1 N–H and O–H groups in total. The predicted octanol–water partition coefficient (Wildman–Crippen LogP) is 1.77. The molecule has 4 rings (SSSR count). The number of aliphatic hydroxyl groups is 1. The molecule has 4 aliphatic rings. The van der Waals surface area contributed by atoms with E-state index >= 15 is 0 Å². The maximum atomic E-state index is 13.3. The van der Waals surface area contributed by atoms with Crippen LogP contribution in [0.15, 0.2) is 0 Å². The second-order valence-corrected chi connectivity index (χ2v) is 8.55. The third-order valence-electron chi connectivity index (χ3n) is 5.49. The van der Waals surface area contributed by atoms with Crippen LogP contribution < -0.4 is 0 Å². The van der Waals surface area contributed by atoms with Gasteiger partial charge in [0.25, 0.3) is 5.92 Å². The van der Waals surface area contributed by atoms with Crippen LogP contribution in [0.5, 0.6) is 0 Å². The molecule has 0 aromatic carbocycles. The third kappa shape index (κ3) is 3.58. The molecule has 0 saturated heterocycles. The van der Waals surface area contributed by atoms with E-state index < -0.39 is 52.8 Å². The number of carbonyl (C=O) groups is 1. The molecule has 0 aromatic heterocycles. The van der Waals surface area contributed by atoms with E-state index in [0.29, 0.717) is 43.9 Å². The van der Waals surface area contributed by atoms with Gasteiger partial charge >= 0.3 is 5.97 Å². The van der Waals surface area contributed by atoms with Crippen LogP contribution in [0, 0.1) is 17.3 Å². The standard InChI is InChI=1S/C15H22F2O5S/c16-15(17,9-23(20)21)1-2-22-12(18)13-4-10-3-11(5-13)7-14(19,6-10)8-13/h10-11,19H,1-9H2,(H,20,21)/p-1. The van der Waals surface area contributed by atoms with E-state index in [1.54, 1.807) is 0 Å². The lowest BCUT2D eigenvalue weighted by atomic mass is 9.48. The molecule has 4 fully saturated rings. The third-order valence-corrected chi connectivity index (χ3v) is 6.15. The highest BCUT2D eigenvalue weighted by molar-refractivity contribution is 7.79. The van der Waals surface area contributed by atoms with Gasteiger partial charge in [-0.05, 0) is 61.4 Å². The molecule has 0 heterocycles. The number of esters is 1. The lowest BCUT2D eigenvalue weighted by molar-refractivity contribution is -0.197. The summed E-state index contributed by atoms with van der Waals surface area (Å²) in [6.07, 6.45) is 3.31. The lowest BCUT2D eigenvalue weighted by Gasteiger charge is -2.58. The fourth-order valence-electron chi connectivity index (χ4n) is 5.14. The average molecular weight is 351 g/mol. The molecule has 5 nitrogen and oxygen atoms in total. The molecule has 3 unspecified atom stereocenters. The number of halogens is 2. The van der Waals surface area contributed by atoms with Crippen molar-refractivity contribution in [2.24, 2.45) is 17.3 Å². The van der Waals surface area contributed by atoms with Crippen molar-refractivity contribution in [1.29, 1.82) is 0 Å². The summed E-state index contributed by atoms with van der Waals surface area (Å²) in [6, 6.07) is 0. The summed E-state index contributed by atoms with van der Waals surface area (Å²) in [6.45, 7) is -0.501. The van der Waals surface area contributed by atoms with Crippen molar-refractivity contribution in [3.63, 3.8) is 0 Å². The zero-order valence-corrected chi connectivity index (χ0v) is 13.6. The Kier molecular flexibility index (Phi) is 4.30. The molecule has 4 saturated carbocycles. The average Bonchev–Trinajstić information content (AvgIpc) is 2.33. The molecular weight excluding hydrogens is 330 g/mol.